The average molecular weight is 296 g/mol. The third-order valence-corrected chi connectivity index (χ3v) is 4.59. The normalized spacial score (nSPS) is 16.4. The summed E-state index contributed by atoms with van der Waals surface area (Å²) < 4.78 is 10.8. The number of rotatable bonds is 6. The Morgan fingerprint density at radius 2 is 2.10 bits per heavy atom. The van der Waals surface area contributed by atoms with Crippen LogP contribution in [0.3, 0.4) is 0 Å². The molecule has 0 unspecified atom stereocenters. The van der Waals surface area contributed by atoms with E-state index in [1.807, 2.05) is 24.9 Å². The van der Waals surface area contributed by atoms with Crippen LogP contribution in [-0.2, 0) is 10.5 Å². The molecule has 2 heterocycles. The first-order valence-electron chi connectivity index (χ1n) is 7.09. The summed E-state index contributed by atoms with van der Waals surface area (Å²) in [6, 6.07) is 0. The largest absolute Gasteiger partial charge is 0.496 e. The van der Waals surface area contributed by atoms with Crippen molar-refractivity contribution >= 4 is 11.8 Å². The molecule has 0 aromatic carbocycles. The molecule has 0 N–H and O–H groups in total. The van der Waals surface area contributed by atoms with E-state index >= 15 is 0 Å². The number of hydrogen-bond donors (Lipinski definition) is 0. The molecule has 1 aromatic heterocycles. The number of aromatic nitrogens is 1. The molecule has 20 heavy (non-hydrogen) atoms. The molecule has 1 aromatic rings. The fourth-order valence-corrected chi connectivity index (χ4v) is 3.42. The number of thioether (sulfide) groups is 1. The van der Waals surface area contributed by atoms with Crippen LogP contribution in [-0.4, -0.2) is 55.6 Å². The minimum Gasteiger partial charge on any atom is -0.496 e. The predicted molar refractivity (Wildman–Crippen MR) is 83.7 cm³/mol. The average Bonchev–Trinajstić information content (AvgIpc) is 2.47. The Morgan fingerprint density at radius 3 is 2.80 bits per heavy atom. The van der Waals surface area contributed by atoms with E-state index in [9.17, 15) is 0 Å². The van der Waals surface area contributed by atoms with E-state index in [0.29, 0.717) is 0 Å². The molecule has 0 aliphatic carbocycles. The van der Waals surface area contributed by atoms with Crippen LogP contribution < -0.4 is 4.74 Å². The fourth-order valence-electron chi connectivity index (χ4n) is 2.40. The second kappa shape index (κ2) is 7.86. The SMILES string of the molecule is COc1c(C)cnc(CSCCN2CCOCC2)c1C. The van der Waals surface area contributed by atoms with Gasteiger partial charge in [0.15, 0.2) is 0 Å². The zero-order valence-corrected chi connectivity index (χ0v) is 13.5. The quantitative estimate of drug-likeness (QED) is 0.752. The summed E-state index contributed by atoms with van der Waals surface area (Å²) >= 11 is 1.94. The molecule has 0 bridgehead atoms. The maximum Gasteiger partial charge on any atom is 0.128 e. The lowest BCUT2D eigenvalue weighted by Gasteiger charge is -2.26. The van der Waals surface area contributed by atoms with Crippen LogP contribution in [0.15, 0.2) is 6.20 Å². The molecule has 112 valence electrons. The lowest BCUT2D eigenvalue weighted by Crippen LogP contribution is -2.37. The van der Waals surface area contributed by atoms with Crippen molar-refractivity contribution in [2.24, 2.45) is 0 Å². The van der Waals surface area contributed by atoms with Gasteiger partial charge in [0.05, 0.1) is 26.0 Å². The van der Waals surface area contributed by atoms with Gasteiger partial charge in [0.25, 0.3) is 0 Å². The van der Waals surface area contributed by atoms with Gasteiger partial charge in [0.2, 0.25) is 0 Å². The van der Waals surface area contributed by atoms with Crippen molar-refractivity contribution in [3.05, 3.63) is 23.0 Å². The molecule has 0 amide bonds. The van der Waals surface area contributed by atoms with Crippen LogP contribution in [0.4, 0.5) is 0 Å². The zero-order valence-electron chi connectivity index (χ0n) is 12.6. The van der Waals surface area contributed by atoms with E-state index in [4.69, 9.17) is 9.47 Å². The van der Waals surface area contributed by atoms with E-state index in [0.717, 1.165) is 61.4 Å². The monoisotopic (exact) mass is 296 g/mol. The predicted octanol–water partition coefficient (Wildman–Crippen LogP) is 2.27. The van der Waals surface area contributed by atoms with Crippen LogP contribution in [0.5, 0.6) is 5.75 Å². The van der Waals surface area contributed by atoms with Gasteiger partial charge in [0, 0.05) is 48.5 Å². The molecule has 0 atom stereocenters. The number of nitrogens with zero attached hydrogens (tertiary/aromatic N) is 2. The first-order valence-corrected chi connectivity index (χ1v) is 8.24. The Labute approximate surface area is 125 Å². The smallest absolute Gasteiger partial charge is 0.128 e. The molecule has 1 saturated heterocycles. The van der Waals surface area contributed by atoms with Crippen molar-refractivity contribution in [2.45, 2.75) is 19.6 Å². The molecule has 0 spiro atoms. The summed E-state index contributed by atoms with van der Waals surface area (Å²) in [6.07, 6.45) is 1.91. The first-order chi connectivity index (χ1) is 9.72. The molecular formula is C15H24N2O2S. The minimum atomic E-state index is 0.875. The summed E-state index contributed by atoms with van der Waals surface area (Å²) in [5.74, 6) is 3.06. The third-order valence-electron chi connectivity index (χ3n) is 3.64. The van der Waals surface area contributed by atoms with Crippen LogP contribution in [0.25, 0.3) is 0 Å². The van der Waals surface area contributed by atoms with E-state index in [-0.39, 0.29) is 0 Å². The van der Waals surface area contributed by atoms with E-state index in [2.05, 4.69) is 16.8 Å². The minimum absolute atomic E-state index is 0.875. The van der Waals surface area contributed by atoms with Gasteiger partial charge in [-0.1, -0.05) is 0 Å². The van der Waals surface area contributed by atoms with E-state index < -0.39 is 0 Å². The summed E-state index contributed by atoms with van der Waals surface area (Å²) in [4.78, 5) is 7.00. The second-order valence-corrected chi connectivity index (χ2v) is 6.16. The number of pyridine rings is 1. The lowest BCUT2D eigenvalue weighted by molar-refractivity contribution is 0.0410. The molecule has 0 radical (unpaired) electrons. The number of methoxy groups -OCH3 is 1. The van der Waals surface area contributed by atoms with Gasteiger partial charge in [0.1, 0.15) is 5.75 Å². The Balaban J connectivity index is 1.79. The molecule has 1 fully saturated rings. The molecule has 0 saturated carbocycles. The lowest BCUT2D eigenvalue weighted by atomic mass is 10.1. The van der Waals surface area contributed by atoms with Gasteiger partial charge in [-0.25, -0.2) is 0 Å². The van der Waals surface area contributed by atoms with Crippen LogP contribution >= 0.6 is 11.8 Å². The number of aryl methyl sites for hydroxylation is 1. The molecule has 1 aliphatic rings. The van der Waals surface area contributed by atoms with E-state index in [1.165, 1.54) is 5.56 Å². The van der Waals surface area contributed by atoms with Crippen LogP contribution in [0.2, 0.25) is 0 Å². The third kappa shape index (κ3) is 4.11. The van der Waals surface area contributed by atoms with Gasteiger partial charge in [-0.05, 0) is 13.8 Å². The number of hydrogen-bond acceptors (Lipinski definition) is 5. The van der Waals surface area contributed by atoms with E-state index in [1.54, 1.807) is 7.11 Å². The molecule has 5 heteroatoms. The maximum atomic E-state index is 5.45. The van der Waals surface area contributed by atoms with Gasteiger partial charge < -0.3 is 9.47 Å². The Bertz CT molecular complexity index is 434. The summed E-state index contributed by atoms with van der Waals surface area (Å²) in [6.45, 7) is 9.15. The van der Waals surface area contributed by atoms with Crippen molar-refractivity contribution in [3.63, 3.8) is 0 Å². The van der Waals surface area contributed by atoms with Crippen molar-refractivity contribution in [2.75, 3.05) is 45.7 Å². The van der Waals surface area contributed by atoms with Gasteiger partial charge in [-0.3, -0.25) is 9.88 Å². The molecular weight excluding hydrogens is 272 g/mol. The highest BCUT2D eigenvalue weighted by molar-refractivity contribution is 7.98. The molecule has 2 rings (SSSR count). The van der Waals surface area contributed by atoms with Crippen molar-refractivity contribution in [3.8, 4) is 5.75 Å². The van der Waals surface area contributed by atoms with Crippen LogP contribution in [0.1, 0.15) is 16.8 Å². The molecule has 1 aliphatic heterocycles. The van der Waals surface area contributed by atoms with Crippen molar-refractivity contribution in [1.29, 1.82) is 0 Å². The van der Waals surface area contributed by atoms with Gasteiger partial charge in [-0.2, -0.15) is 11.8 Å². The molecule has 4 nitrogen and oxygen atoms in total. The Morgan fingerprint density at radius 1 is 1.35 bits per heavy atom. The van der Waals surface area contributed by atoms with Gasteiger partial charge >= 0.3 is 0 Å². The van der Waals surface area contributed by atoms with Crippen molar-refractivity contribution < 1.29 is 9.47 Å². The first kappa shape index (κ1) is 15.6. The maximum absolute atomic E-state index is 5.45. The summed E-state index contributed by atoms with van der Waals surface area (Å²) in [5.41, 5.74) is 3.41. The Hall–Kier alpha value is -0.780. The number of morpholine rings is 1. The fraction of sp³-hybridized carbons (Fsp3) is 0.667. The Kier molecular flexibility index (Phi) is 6.13. The zero-order chi connectivity index (χ0) is 14.4. The summed E-state index contributed by atoms with van der Waals surface area (Å²) in [7, 11) is 1.73. The highest BCUT2D eigenvalue weighted by Gasteiger charge is 2.11. The number of ether oxygens (including phenoxy) is 2. The highest BCUT2D eigenvalue weighted by Crippen LogP contribution is 2.26. The highest BCUT2D eigenvalue weighted by atomic mass is 32.2. The topological polar surface area (TPSA) is 34.6 Å². The van der Waals surface area contributed by atoms with Crippen molar-refractivity contribution in [1.82, 2.24) is 9.88 Å². The summed E-state index contributed by atoms with van der Waals surface area (Å²) in [5, 5.41) is 0. The second-order valence-electron chi connectivity index (χ2n) is 5.05. The standard InChI is InChI=1S/C15H24N2O2S/c1-12-10-16-14(13(2)15(12)18-3)11-20-9-6-17-4-7-19-8-5-17/h10H,4-9,11H2,1-3H3. The van der Waals surface area contributed by atoms with Crippen LogP contribution in [0, 0.1) is 13.8 Å². The van der Waals surface area contributed by atoms with Gasteiger partial charge in [-0.15, -0.1) is 0 Å².